The molecule has 1 heterocycles. The minimum absolute atomic E-state index is 0.00331. The first-order valence-electron chi connectivity index (χ1n) is 5.86. The van der Waals surface area contributed by atoms with Crippen LogP contribution in [0.3, 0.4) is 0 Å². The van der Waals surface area contributed by atoms with Crippen LogP contribution in [0.15, 0.2) is 36.5 Å². The molecule has 0 aliphatic heterocycles. The van der Waals surface area contributed by atoms with Crippen LogP contribution in [0, 0.1) is 0 Å². The van der Waals surface area contributed by atoms with Crippen molar-refractivity contribution in [2.45, 2.75) is 0 Å². The van der Waals surface area contributed by atoms with E-state index in [9.17, 15) is 9.59 Å². The second-order valence-corrected chi connectivity index (χ2v) is 4.42. The van der Waals surface area contributed by atoms with Crippen molar-refractivity contribution in [3.05, 3.63) is 52.7 Å². The van der Waals surface area contributed by atoms with Gasteiger partial charge in [-0.2, -0.15) is 0 Å². The van der Waals surface area contributed by atoms with Crippen molar-refractivity contribution in [2.24, 2.45) is 0 Å². The number of aromatic carboxylic acids is 1. The van der Waals surface area contributed by atoms with E-state index in [0.29, 0.717) is 11.5 Å². The lowest BCUT2D eigenvalue weighted by Gasteiger charge is -2.10. The van der Waals surface area contributed by atoms with Crippen molar-refractivity contribution in [1.82, 2.24) is 4.98 Å². The molecule has 0 fully saturated rings. The number of ether oxygens (including phenoxy) is 1. The molecule has 0 bridgehead atoms. The maximum Gasteiger partial charge on any atom is 0.341 e. The van der Waals surface area contributed by atoms with Gasteiger partial charge in [0, 0.05) is 11.9 Å². The summed E-state index contributed by atoms with van der Waals surface area (Å²) in [5.74, 6) is -1.35. The van der Waals surface area contributed by atoms with E-state index in [1.165, 1.54) is 31.5 Å². The van der Waals surface area contributed by atoms with Gasteiger partial charge in [0.25, 0.3) is 0 Å². The number of nitrogens with zero attached hydrogens (tertiary/aromatic N) is 1. The number of rotatable bonds is 4. The van der Waals surface area contributed by atoms with Gasteiger partial charge < -0.3 is 15.2 Å². The molecule has 1 aromatic carbocycles. The zero-order valence-corrected chi connectivity index (χ0v) is 11.7. The topological polar surface area (TPSA) is 88.5 Å². The minimum Gasteiger partial charge on any atom is -0.478 e. The minimum atomic E-state index is -1.11. The number of carboxylic acid groups (broad SMARTS) is 1. The van der Waals surface area contributed by atoms with Crippen molar-refractivity contribution in [3.8, 4) is 0 Å². The van der Waals surface area contributed by atoms with Gasteiger partial charge in [-0.25, -0.2) is 14.6 Å². The SMILES string of the molecule is COC(=O)c1cccnc1Nc1ccc(C(=O)O)c(Cl)c1. The van der Waals surface area contributed by atoms with Crippen molar-refractivity contribution in [3.63, 3.8) is 0 Å². The zero-order chi connectivity index (χ0) is 15.4. The van der Waals surface area contributed by atoms with E-state index < -0.39 is 11.9 Å². The molecule has 0 saturated carbocycles. The summed E-state index contributed by atoms with van der Waals surface area (Å²) in [4.78, 5) is 26.6. The predicted octanol–water partition coefficient (Wildman–Crippen LogP) is 2.96. The third kappa shape index (κ3) is 3.29. The Morgan fingerprint density at radius 3 is 2.67 bits per heavy atom. The Labute approximate surface area is 125 Å². The molecule has 0 atom stereocenters. The molecule has 0 unspecified atom stereocenters. The molecule has 0 aliphatic rings. The Morgan fingerprint density at radius 1 is 1.29 bits per heavy atom. The van der Waals surface area contributed by atoms with Gasteiger partial charge in [0.15, 0.2) is 0 Å². The molecule has 2 N–H and O–H groups in total. The Kier molecular flexibility index (Phi) is 4.39. The molecule has 0 radical (unpaired) electrons. The number of benzene rings is 1. The highest BCUT2D eigenvalue weighted by molar-refractivity contribution is 6.33. The molecular weight excluding hydrogens is 296 g/mol. The van der Waals surface area contributed by atoms with E-state index in [0.717, 1.165) is 0 Å². The quantitative estimate of drug-likeness (QED) is 0.844. The standard InChI is InChI=1S/C14H11ClN2O4/c1-21-14(20)10-3-2-6-16-12(10)17-8-4-5-9(13(18)19)11(15)7-8/h2-7H,1H3,(H,16,17)(H,18,19). The number of nitrogens with one attached hydrogen (secondary N) is 1. The average molecular weight is 307 g/mol. The van der Waals surface area contributed by atoms with E-state index in [1.807, 2.05) is 0 Å². The van der Waals surface area contributed by atoms with E-state index in [-0.39, 0.29) is 16.1 Å². The molecule has 108 valence electrons. The Balaban J connectivity index is 2.33. The Hall–Kier alpha value is -2.60. The number of aromatic nitrogens is 1. The number of hydrogen-bond donors (Lipinski definition) is 2. The van der Waals surface area contributed by atoms with Crippen LogP contribution in [0.4, 0.5) is 11.5 Å². The van der Waals surface area contributed by atoms with E-state index >= 15 is 0 Å². The van der Waals surface area contributed by atoms with Gasteiger partial charge in [0.1, 0.15) is 11.4 Å². The molecule has 0 aliphatic carbocycles. The molecular formula is C14H11ClN2O4. The first kappa shape index (κ1) is 14.8. The van der Waals surface area contributed by atoms with Crippen LogP contribution in [0.5, 0.6) is 0 Å². The third-order valence-electron chi connectivity index (χ3n) is 2.68. The van der Waals surface area contributed by atoms with Gasteiger partial charge in [-0.3, -0.25) is 0 Å². The smallest absolute Gasteiger partial charge is 0.341 e. The second-order valence-electron chi connectivity index (χ2n) is 4.02. The van der Waals surface area contributed by atoms with Gasteiger partial charge in [-0.15, -0.1) is 0 Å². The molecule has 0 amide bonds. The lowest BCUT2D eigenvalue weighted by Crippen LogP contribution is -2.07. The highest BCUT2D eigenvalue weighted by Crippen LogP contribution is 2.24. The predicted molar refractivity (Wildman–Crippen MR) is 77.3 cm³/mol. The molecule has 7 heteroatoms. The largest absolute Gasteiger partial charge is 0.478 e. The van der Waals surface area contributed by atoms with Crippen LogP contribution < -0.4 is 5.32 Å². The fraction of sp³-hybridized carbons (Fsp3) is 0.0714. The number of anilines is 2. The van der Waals surface area contributed by atoms with Gasteiger partial charge in [-0.1, -0.05) is 11.6 Å². The lowest BCUT2D eigenvalue weighted by atomic mass is 10.2. The second kappa shape index (κ2) is 6.23. The molecule has 6 nitrogen and oxygen atoms in total. The number of carbonyl (C=O) groups excluding carboxylic acids is 1. The van der Waals surface area contributed by atoms with E-state index in [1.54, 1.807) is 12.1 Å². The zero-order valence-electron chi connectivity index (χ0n) is 11.0. The molecule has 2 aromatic rings. The van der Waals surface area contributed by atoms with E-state index in [2.05, 4.69) is 15.0 Å². The summed E-state index contributed by atoms with van der Waals surface area (Å²) in [5.41, 5.74) is 0.767. The molecule has 21 heavy (non-hydrogen) atoms. The lowest BCUT2D eigenvalue weighted by molar-refractivity contribution is 0.0600. The highest BCUT2D eigenvalue weighted by Gasteiger charge is 2.14. The van der Waals surface area contributed by atoms with Crippen molar-refractivity contribution >= 4 is 35.0 Å². The number of pyridine rings is 1. The summed E-state index contributed by atoms with van der Waals surface area (Å²) < 4.78 is 4.67. The number of halogens is 1. The van der Waals surface area contributed by atoms with Crippen molar-refractivity contribution in [1.29, 1.82) is 0 Å². The average Bonchev–Trinajstić information content (AvgIpc) is 2.46. The molecule has 0 saturated heterocycles. The van der Waals surface area contributed by atoms with Crippen LogP contribution in [-0.4, -0.2) is 29.1 Å². The summed E-state index contributed by atoms with van der Waals surface area (Å²) >= 11 is 5.89. The molecule has 2 rings (SSSR count). The Bertz CT molecular complexity index is 703. The van der Waals surface area contributed by atoms with Gasteiger partial charge in [0.05, 0.1) is 17.7 Å². The number of methoxy groups -OCH3 is 1. The van der Waals surface area contributed by atoms with Gasteiger partial charge >= 0.3 is 11.9 Å². The van der Waals surface area contributed by atoms with E-state index in [4.69, 9.17) is 16.7 Å². The Morgan fingerprint density at radius 2 is 2.05 bits per heavy atom. The first-order valence-corrected chi connectivity index (χ1v) is 6.24. The molecule has 0 spiro atoms. The number of esters is 1. The first-order chi connectivity index (χ1) is 10.0. The number of carboxylic acids is 1. The maximum absolute atomic E-state index is 11.6. The van der Waals surface area contributed by atoms with Crippen molar-refractivity contribution < 1.29 is 19.4 Å². The monoisotopic (exact) mass is 306 g/mol. The highest BCUT2D eigenvalue weighted by atomic mass is 35.5. The fourth-order valence-corrected chi connectivity index (χ4v) is 1.94. The van der Waals surface area contributed by atoms with Crippen LogP contribution >= 0.6 is 11.6 Å². The van der Waals surface area contributed by atoms with Crippen LogP contribution in [0.1, 0.15) is 20.7 Å². The number of hydrogen-bond acceptors (Lipinski definition) is 5. The number of carbonyl (C=O) groups is 2. The summed E-state index contributed by atoms with van der Waals surface area (Å²) in [5, 5.41) is 11.9. The fourth-order valence-electron chi connectivity index (χ4n) is 1.68. The summed E-state index contributed by atoms with van der Waals surface area (Å²) in [6, 6.07) is 7.52. The summed E-state index contributed by atoms with van der Waals surface area (Å²) in [6.45, 7) is 0. The summed E-state index contributed by atoms with van der Waals surface area (Å²) in [7, 11) is 1.28. The maximum atomic E-state index is 11.6. The van der Waals surface area contributed by atoms with Gasteiger partial charge in [-0.05, 0) is 30.3 Å². The van der Waals surface area contributed by atoms with Crippen LogP contribution in [0.25, 0.3) is 0 Å². The third-order valence-corrected chi connectivity index (χ3v) is 2.99. The van der Waals surface area contributed by atoms with Crippen LogP contribution in [0.2, 0.25) is 5.02 Å². The molecule has 1 aromatic heterocycles. The normalized spacial score (nSPS) is 10.0. The van der Waals surface area contributed by atoms with Crippen molar-refractivity contribution in [2.75, 3.05) is 12.4 Å². The van der Waals surface area contributed by atoms with Gasteiger partial charge in [0.2, 0.25) is 0 Å². The summed E-state index contributed by atoms with van der Waals surface area (Å²) in [6.07, 6.45) is 1.52. The van der Waals surface area contributed by atoms with Crippen LogP contribution in [-0.2, 0) is 4.74 Å².